The third-order valence-electron chi connectivity index (χ3n) is 4.79. The number of hydrogen-bond donors (Lipinski definition) is 2. The van der Waals surface area contributed by atoms with E-state index in [-0.39, 0.29) is 0 Å². The normalized spacial score (nSPS) is 11.6. The van der Waals surface area contributed by atoms with E-state index in [1.165, 1.54) is 6.20 Å². The van der Waals surface area contributed by atoms with Crippen molar-refractivity contribution in [2.24, 2.45) is 0 Å². The van der Waals surface area contributed by atoms with Gasteiger partial charge in [0.25, 0.3) is 11.8 Å². The molecule has 1 unspecified atom stereocenters. The summed E-state index contributed by atoms with van der Waals surface area (Å²) in [5.41, 5.74) is 6.22. The monoisotopic (exact) mass is 414 g/mol. The predicted octanol–water partition coefficient (Wildman–Crippen LogP) is 3.31. The second-order valence-electron chi connectivity index (χ2n) is 7.12. The Morgan fingerprint density at radius 1 is 0.968 bits per heavy atom. The summed E-state index contributed by atoms with van der Waals surface area (Å²) in [5.74, 6) is -0.335. The Balaban J connectivity index is 1.30. The fourth-order valence-electron chi connectivity index (χ4n) is 3.13. The number of benzene rings is 3. The zero-order valence-electron chi connectivity index (χ0n) is 17.0. The van der Waals surface area contributed by atoms with Gasteiger partial charge in [-0.2, -0.15) is 5.10 Å². The van der Waals surface area contributed by atoms with E-state index >= 15 is 0 Å². The topological polar surface area (TPSA) is 85.2 Å². The molecule has 7 heteroatoms. The number of ether oxygens (including phenoxy) is 1. The minimum Gasteiger partial charge on any atom is -0.481 e. The SMILES string of the molecule is CC(Oc1ccc2ccccc2c1)C(=O)NNC(=O)c1cnn(Cc2ccccc2)c1. The van der Waals surface area contributed by atoms with Crippen molar-refractivity contribution in [3.05, 3.63) is 96.3 Å². The molecule has 0 saturated carbocycles. The zero-order chi connectivity index (χ0) is 21.6. The molecule has 2 N–H and O–H groups in total. The van der Waals surface area contributed by atoms with E-state index in [4.69, 9.17) is 4.74 Å². The molecule has 0 aliphatic heterocycles. The van der Waals surface area contributed by atoms with Crippen LogP contribution in [0.15, 0.2) is 85.2 Å². The lowest BCUT2D eigenvalue weighted by atomic mass is 10.1. The van der Waals surface area contributed by atoms with Crippen LogP contribution >= 0.6 is 0 Å². The second kappa shape index (κ2) is 9.13. The number of nitrogens with zero attached hydrogens (tertiary/aromatic N) is 2. The van der Waals surface area contributed by atoms with Crippen LogP contribution in [-0.4, -0.2) is 27.7 Å². The molecule has 0 aliphatic carbocycles. The third kappa shape index (κ3) is 5.08. The number of rotatable bonds is 6. The van der Waals surface area contributed by atoms with Crippen molar-refractivity contribution in [2.75, 3.05) is 0 Å². The smallest absolute Gasteiger partial charge is 0.279 e. The number of amides is 2. The first-order valence-corrected chi connectivity index (χ1v) is 9.90. The van der Waals surface area contributed by atoms with Crippen LogP contribution in [0.5, 0.6) is 5.75 Å². The molecule has 1 heterocycles. The summed E-state index contributed by atoms with van der Waals surface area (Å²) in [5, 5.41) is 6.31. The van der Waals surface area contributed by atoms with Crippen LogP contribution in [0.2, 0.25) is 0 Å². The average molecular weight is 414 g/mol. The lowest BCUT2D eigenvalue weighted by Crippen LogP contribution is -2.47. The zero-order valence-corrected chi connectivity index (χ0v) is 17.0. The van der Waals surface area contributed by atoms with Crippen molar-refractivity contribution < 1.29 is 14.3 Å². The molecule has 0 aliphatic rings. The summed E-state index contributed by atoms with van der Waals surface area (Å²) >= 11 is 0. The van der Waals surface area contributed by atoms with Gasteiger partial charge >= 0.3 is 0 Å². The molecule has 4 rings (SSSR count). The molecule has 156 valence electrons. The molecular weight excluding hydrogens is 392 g/mol. The molecule has 3 aromatic carbocycles. The summed E-state index contributed by atoms with van der Waals surface area (Å²) in [6.45, 7) is 2.17. The van der Waals surface area contributed by atoms with Gasteiger partial charge in [0.15, 0.2) is 6.10 Å². The molecule has 0 radical (unpaired) electrons. The average Bonchev–Trinajstić information content (AvgIpc) is 3.26. The molecule has 0 bridgehead atoms. The van der Waals surface area contributed by atoms with Gasteiger partial charge in [-0.05, 0) is 35.4 Å². The first-order valence-electron chi connectivity index (χ1n) is 9.90. The fourth-order valence-corrected chi connectivity index (χ4v) is 3.13. The van der Waals surface area contributed by atoms with Crippen LogP contribution in [0.3, 0.4) is 0 Å². The largest absolute Gasteiger partial charge is 0.481 e. The number of aromatic nitrogens is 2. The van der Waals surface area contributed by atoms with Crippen molar-refractivity contribution in [2.45, 2.75) is 19.6 Å². The summed E-state index contributed by atoms with van der Waals surface area (Å²) in [4.78, 5) is 24.6. The van der Waals surface area contributed by atoms with Gasteiger partial charge in [0, 0.05) is 6.20 Å². The predicted molar refractivity (Wildman–Crippen MR) is 117 cm³/mol. The lowest BCUT2D eigenvalue weighted by molar-refractivity contribution is -0.128. The molecule has 2 amide bonds. The van der Waals surface area contributed by atoms with Crippen molar-refractivity contribution in [3.8, 4) is 5.75 Å². The minimum absolute atomic E-state index is 0.347. The Morgan fingerprint density at radius 2 is 1.71 bits per heavy atom. The highest BCUT2D eigenvalue weighted by molar-refractivity contribution is 5.95. The second-order valence-corrected chi connectivity index (χ2v) is 7.12. The first kappa shape index (κ1) is 20.2. The summed E-state index contributed by atoms with van der Waals surface area (Å²) < 4.78 is 7.38. The van der Waals surface area contributed by atoms with Crippen LogP contribution in [0.1, 0.15) is 22.8 Å². The molecule has 7 nitrogen and oxygen atoms in total. The Kier molecular flexibility index (Phi) is 5.93. The highest BCUT2D eigenvalue weighted by atomic mass is 16.5. The van der Waals surface area contributed by atoms with E-state index in [2.05, 4.69) is 16.0 Å². The molecule has 0 fully saturated rings. The van der Waals surface area contributed by atoms with Gasteiger partial charge < -0.3 is 4.74 Å². The van der Waals surface area contributed by atoms with Crippen molar-refractivity contribution >= 4 is 22.6 Å². The van der Waals surface area contributed by atoms with Crippen LogP contribution < -0.4 is 15.6 Å². The van der Waals surface area contributed by atoms with Gasteiger partial charge in [0.2, 0.25) is 0 Å². The molecule has 0 saturated heterocycles. The van der Waals surface area contributed by atoms with Gasteiger partial charge in [-0.25, -0.2) is 0 Å². The Morgan fingerprint density at radius 3 is 2.52 bits per heavy atom. The minimum atomic E-state index is -0.790. The van der Waals surface area contributed by atoms with E-state index in [0.717, 1.165) is 16.3 Å². The number of carbonyl (C=O) groups is 2. The van der Waals surface area contributed by atoms with Crippen molar-refractivity contribution in [1.82, 2.24) is 20.6 Å². The van der Waals surface area contributed by atoms with Gasteiger partial charge in [-0.15, -0.1) is 0 Å². The maximum Gasteiger partial charge on any atom is 0.279 e. The first-order chi connectivity index (χ1) is 15.1. The van der Waals surface area contributed by atoms with Crippen LogP contribution in [0.25, 0.3) is 10.8 Å². The molecular formula is C24H22N4O3. The van der Waals surface area contributed by atoms with Gasteiger partial charge in [-0.1, -0.05) is 60.7 Å². The molecule has 1 atom stereocenters. The Labute approximate surface area is 179 Å². The van der Waals surface area contributed by atoms with Crippen LogP contribution in [0, 0.1) is 0 Å². The van der Waals surface area contributed by atoms with E-state index < -0.39 is 17.9 Å². The Hall–Kier alpha value is -4.13. The number of nitrogens with one attached hydrogen (secondary N) is 2. The molecule has 4 aromatic rings. The third-order valence-corrected chi connectivity index (χ3v) is 4.79. The van der Waals surface area contributed by atoms with Crippen LogP contribution in [0.4, 0.5) is 0 Å². The summed E-state index contributed by atoms with van der Waals surface area (Å²) in [6, 6.07) is 23.3. The summed E-state index contributed by atoms with van der Waals surface area (Å²) in [6.07, 6.45) is 2.30. The number of hydrazine groups is 1. The van der Waals surface area contributed by atoms with Gasteiger partial charge in [-0.3, -0.25) is 25.1 Å². The highest BCUT2D eigenvalue weighted by Gasteiger charge is 2.17. The number of carbonyl (C=O) groups excluding carboxylic acids is 2. The van der Waals surface area contributed by atoms with E-state index in [0.29, 0.717) is 17.9 Å². The van der Waals surface area contributed by atoms with Crippen molar-refractivity contribution in [1.29, 1.82) is 0 Å². The maximum atomic E-state index is 12.3. The van der Waals surface area contributed by atoms with Crippen LogP contribution in [-0.2, 0) is 11.3 Å². The van der Waals surface area contributed by atoms with Crippen molar-refractivity contribution in [3.63, 3.8) is 0 Å². The summed E-state index contributed by atoms with van der Waals surface area (Å²) in [7, 11) is 0. The quantitative estimate of drug-likeness (QED) is 0.474. The lowest BCUT2D eigenvalue weighted by Gasteiger charge is -2.15. The Bertz CT molecular complexity index is 1200. The number of fused-ring (bicyclic) bond motifs is 1. The van der Waals surface area contributed by atoms with E-state index in [1.807, 2.05) is 72.8 Å². The number of hydrogen-bond acceptors (Lipinski definition) is 4. The molecule has 0 spiro atoms. The molecule has 31 heavy (non-hydrogen) atoms. The fraction of sp³-hybridized carbons (Fsp3) is 0.125. The maximum absolute atomic E-state index is 12.3. The molecule has 1 aromatic heterocycles. The van der Waals surface area contributed by atoms with Gasteiger partial charge in [0.1, 0.15) is 5.75 Å². The van der Waals surface area contributed by atoms with Gasteiger partial charge in [0.05, 0.1) is 18.3 Å². The van der Waals surface area contributed by atoms with E-state index in [9.17, 15) is 9.59 Å². The highest BCUT2D eigenvalue weighted by Crippen LogP contribution is 2.21. The standard InChI is InChI=1S/C24H22N4O3/c1-17(31-22-12-11-19-9-5-6-10-20(19)13-22)23(29)26-27-24(30)21-14-25-28(16-21)15-18-7-3-2-4-8-18/h2-14,16-17H,15H2,1H3,(H,26,29)(H,27,30). The van der Waals surface area contributed by atoms with E-state index in [1.54, 1.807) is 17.8 Å².